The number of aromatic amines is 1. The van der Waals surface area contributed by atoms with E-state index in [0.29, 0.717) is 37.2 Å². The number of carbonyl (C=O) groups is 1. The summed E-state index contributed by atoms with van der Waals surface area (Å²) < 4.78 is 6.98. The lowest BCUT2D eigenvalue weighted by Crippen LogP contribution is -2.45. The summed E-state index contributed by atoms with van der Waals surface area (Å²) in [5, 5.41) is 20.1. The molecule has 8 heteroatoms. The van der Waals surface area contributed by atoms with Gasteiger partial charge in [0, 0.05) is 53.7 Å². The van der Waals surface area contributed by atoms with Gasteiger partial charge in [0.1, 0.15) is 29.7 Å². The Kier molecular flexibility index (Phi) is 5.75. The van der Waals surface area contributed by atoms with E-state index in [1.165, 1.54) is 6.92 Å². The van der Waals surface area contributed by atoms with E-state index < -0.39 is 6.10 Å². The Hall–Kier alpha value is -2.89. The minimum Gasteiger partial charge on any atom is -0.489 e. The lowest BCUT2D eigenvalue weighted by Gasteiger charge is -2.33. The Morgan fingerprint density at radius 2 is 2.17 bits per heavy atom. The molecule has 1 atom stereocenters. The first-order valence-electron chi connectivity index (χ1n) is 9.77. The predicted octanol–water partition coefficient (Wildman–Crippen LogP) is 3.61. The fourth-order valence-electron chi connectivity index (χ4n) is 3.74. The van der Waals surface area contributed by atoms with Crippen molar-refractivity contribution >= 4 is 32.9 Å². The molecule has 3 aromatic rings. The fraction of sp³-hybridized carbons (Fsp3) is 0.318. The first-order valence-corrected chi connectivity index (χ1v) is 10.6. The van der Waals surface area contributed by atoms with Crippen LogP contribution in [0.3, 0.4) is 0 Å². The summed E-state index contributed by atoms with van der Waals surface area (Å²) in [4.78, 5) is 21.1. The molecule has 3 heterocycles. The first-order chi connectivity index (χ1) is 14.5. The lowest BCUT2D eigenvalue weighted by molar-refractivity contribution is -0.141. The topological polar surface area (TPSA) is 102 Å². The molecule has 0 unspecified atom stereocenters. The van der Waals surface area contributed by atoms with Crippen LogP contribution in [0.4, 0.5) is 0 Å². The minimum absolute atomic E-state index is 0.0748. The molecule has 154 valence electrons. The van der Waals surface area contributed by atoms with Crippen molar-refractivity contribution in [2.24, 2.45) is 0 Å². The van der Waals surface area contributed by atoms with Crippen molar-refractivity contribution in [1.29, 1.82) is 5.26 Å². The van der Waals surface area contributed by atoms with Crippen LogP contribution < -0.4 is 4.74 Å². The third-order valence-corrected chi connectivity index (χ3v) is 5.75. The number of rotatable bonds is 4. The van der Waals surface area contributed by atoms with Crippen LogP contribution >= 0.6 is 15.9 Å². The number of hydrogen-bond acceptors (Lipinski definition) is 5. The van der Waals surface area contributed by atoms with E-state index in [1.54, 1.807) is 11.1 Å². The maximum Gasteiger partial charge on any atom is 0.251 e. The summed E-state index contributed by atoms with van der Waals surface area (Å²) in [7, 11) is 0. The zero-order valence-electron chi connectivity index (χ0n) is 16.4. The van der Waals surface area contributed by atoms with Crippen LogP contribution in [0.15, 0.2) is 41.1 Å². The van der Waals surface area contributed by atoms with Gasteiger partial charge in [-0.2, -0.15) is 5.26 Å². The summed E-state index contributed by atoms with van der Waals surface area (Å²) in [6.07, 6.45) is 3.88. The molecular weight excluding hydrogens is 448 g/mol. The number of nitriles is 1. The van der Waals surface area contributed by atoms with Crippen LogP contribution in [-0.4, -0.2) is 51.2 Å². The second-order valence-corrected chi connectivity index (χ2v) is 8.31. The SMILES string of the molecule is C[C@H](O)C(=O)N1CCC(Oc2ccc(-c3c[nH]c4ncc(Br)cc34)cc2C#N)CC1. The highest BCUT2D eigenvalue weighted by Crippen LogP contribution is 2.33. The van der Waals surface area contributed by atoms with Crippen molar-refractivity contribution in [3.8, 4) is 22.9 Å². The number of benzene rings is 1. The molecule has 0 radical (unpaired) electrons. The number of aromatic nitrogens is 2. The molecule has 2 N–H and O–H groups in total. The van der Waals surface area contributed by atoms with Crippen molar-refractivity contribution in [3.05, 3.63) is 46.7 Å². The first kappa shape index (κ1) is 20.4. The molecule has 7 nitrogen and oxygen atoms in total. The van der Waals surface area contributed by atoms with E-state index in [0.717, 1.165) is 26.6 Å². The number of aliphatic hydroxyl groups excluding tert-OH is 1. The Morgan fingerprint density at radius 3 is 2.87 bits per heavy atom. The van der Waals surface area contributed by atoms with Gasteiger partial charge in [-0.05, 0) is 46.6 Å². The number of nitrogens with zero attached hydrogens (tertiary/aromatic N) is 3. The number of piperidine rings is 1. The monoisotopic (exact) mass is 468 g/mol. The second-order valence-electron chi connectivity index (χ2n) is 7.39. The molecule has 1 aromatic carbocycles. The number of nitrogens with one attached hydrogen (secondary N) is 1. The number of ether oxygens (including phenoxy) is 1. The van der Waals surface area contributed by atoms with Gasteiger partial charge in [0.2, 0.25) is 0 Å². The van der Waals surface area contributed by atoms with Gasteiger partial charge in [-0.3, -0.25) is 4.79 Å². The van der Waals surface area contributed by atoms with Gasteiger partial charge < -0.3 is 19.7 Å². The average Bonchev–Trinajstić information content (AvgIpc) is 3.17. The zero-order chi connectivity index (χ0) is 21.3. The van der Waals surface area contributed by atoms with E-state index >= 15 is 0 Å². The highest BCUT2D eigenvalue weighted by atomic mass is 79.9. The van der Waals surface area contributed by atoms with Crippen molar-refractivity contribution in [2.75, 3.05) is 13.1 Å². The summed E-state index contributed by atoms with van der Waals surface area (Å²) in [5.41, 5.74) is 3.12. The number of aliphatic hydroxyl groups is 1. The predicted molar refractivity (Wildman–Crippen MR) is 116 cm³/mol. The smallest absolute Gasteiger partial charge is 0.251 e. The van der Waals surface area contributed by atoms with E-state index in [4.69, 9.17) is 4.74 Å². The number of carbonyl (C=O) groups excluding carboxylic acids is 1. The molecule has 1 amide bonds. The summed E-state index contributed by atoms with van der Waals surface area (Å²) in [5.74, 6) is 0.288. The Bertz CT molecular complexity index is 1130. The molecule has 0 bridgehead atoms. The highest BCUT2D eigenvalue weighted by Gasteiger charge is 2.26. The maximum atomic E-state index is 11.9. The third-order valence-electron chi connectivity index (χ3n) is 5.31. The molecule has 0 aliphatic carbocycles. The van der Waals surface area contributed by atoms with Gasteiger partial charge >= 0.3 is 0 Å². The maximum absolute atomic E-state index is 11.9. The van der Waals surface area contributed by atoms with Crippen molar-refractivity contribution < 1.29 is 14.6 Å². The number of H-pyrrole nitrogens is 1. The molecule has 30 heavy (non-hydrogen) atoms. The van der Waals surface area contributed by atoms with E-state index in [1.807, 2.05) is 30.5 Å². The van der Waals surface area contributed by atoms with Gasteiger partial charge in [0.15, 0.2) is 0 Å². The van der Waals surface area contributed by atoms with Crippen molar-refractivity contribution in [3.63, 3.8) is 0 Å². The summed E-state index contributed by atoms with van der Waals surface area (Å²) >= 11 is 3.45. The number of likely N-dealkylation sites (tertiary alicyclic amines) is 1. The Balaban J connectivity index is 1.52. The lowest BCUT2D eigenvalue weighted by atomic mass is 10.0. The van der Waals surface area contributed by atoms with Gasteiger partial charge in [-0.15, -0.1) is 0 Å². The average molecular weight is 469 g/mol. The third kappa shape index (κ3) is 4.04. The molecule has 0 saturated carbocycles. The fourth-order valence-corrected chi connectivity index (χ4v) is 4.07. The van der Waals surface area contributed by atoms with Crippen LogP contribution in [-0.2, 0) is 4.79 Å². The molecule has 0 spiro atoms. The minimum atomic E-state index is -0.986. The summed E-state index contributed by atoms with van der Waals surface area (Å²) in [6, 6.07) is 9.81. The van der Waals surface area contributed by atoms with Crippen LogP contribution in [0.5, 0.6) is 5.75 Å². The van der Waals surface area contributed by atoms with Crippen LogP contribution in [0, 0.1) is 11.3 Å². The standard InChI is InChI=1S/C22H21BrN4O3/c1-13(28)22(29)27-6-4-17(5-7-27)30-20-3-2-14(8-15(20)10-24)19-12-26-21-18(19)9-16(23)11-25-21/h2-3,8-9,11-13,17,28H,4-7H2,1H3,(H,25,26)/t13-/m0/s1. The van der Waals surface area contributed by atoms with Gasteiger partial charge in [-0.1, -0.05) is 6.07 Å². The number of amides is 1. The number of pyridine rings is 1. The molecule has 2 aromatic heterocycles. The summed E-state index contributed by atoms with van der Waals surface area (Å²) in [6.45, 7) is 2.55. The van der Waals surface area contributed by atoms with Crippen LogP contribution in [0.1, 0.15) is 25.3 Å². The normalized spacial score (nSPS) is 15.7. The van der Waals surface area contributed by atoms with Crippen molar-refractivity contribution in [1.82, 2.24) is 14.9 Å². The molecular formula is C22H21BrN4O3. The molecule has 1 aliphatic rings. The Morgan fingerprint density at radius 1 is 1.40 bits per heavy atom. The highest BCUT2D eigenvalue weighted by molar-refractivity contribution is 9.10. The second kappa shape index (κ2) is 8.46. The number of fused-ring (bicyclic) bond motifs is 1. The van der Waals surface area contributed by atoms with Gasteiger partial charge in [0.05, 0.1) is 5.56 Å². The van der Waals surface area contributed by atoms with Gasteiger partial charge in [0.25, 0.3) is 5.91 Å². The van der Waals surface area contributed by atoms with Crippen LogP contribution in [0.25, 0.3) is 22.2 Å². The van der Waals surface area contributed by atoms with E-state index in [9.17, 15) is 15.2 Å². The van der Waals surface area contributed by atoms with Crippen molar-refractivity contribution in [2.45, 2.75) is 32.0 Å². The molecule has 1 saturated heterocycles. The zero-order valence-corrected chi connectivity index (χ0v) is 18.0. The molecule has 1 fully saturated rings. The van der Waals surface area contributed by atoms with Crippen LogP contribution in [0.2, 0.25) is 0 Å². The van der Waals surface area contributed by atoms with E-state index in [-0.39, 0.29) is 12.0 Å². The molecule has 4 rings (SSSR count). The number of hydrogen-bond donors (Lipinski definition) is 2. The Labute approximate surface area is 182 Å². The van der Waals surface area contributed by atoms with E-state index in [2.05, 4.69) is 32.0 Å². The largest absolute Gasteiger partial charge is 0.489 e. The molecule has 1 aliphatic heterocycles. The number of halogens is 1. The van der Waals surface area contributed by atoms with Gasteiger partial charge in [-0.25, -0.2) is 4.98 Å². The quantitative estimate of drug-likeness (QED) is 0.608.